The Morgan fingerprint density at radius 3 is 0.864 bits per heavy atom. The van der Waals surface area contributed by atoms with E-state index in [2.05, 4.69) is 358 Å². The van der Waals surface area contributed by atoms with Crippen LogP contribution < -0.4 is 5.46 Å². The largest absolute Gasteiger partial charge is 0.494 e. The molecule has 10 nitrogen and oxygen atoms in total. The van der Waals surface area contributed by atoms with E-state index in [1.54, 1.807) is 12.4 Å². The average Bonchev–Trinajstić information content (AvgIpc) is 0.756. The van der Waals surface area contributed by atoms with E-state index in [1.807, 2.05) is 61.4 Å². The third kappa shape index (κ3) is 13.7. The van der Waals surface area contributed by atoms with Gasteiger partial charge in [-0.05, 0) is 223 Å². The molecule has 8 aromatic heterocycles. The summed E-state index contributed by atoms with van der Waals surface area (Å²) in [6.45, 7) is 17.4. The van der Waals surface area contributed by atoms with Gasteiger partial charge in [0.1, 0.15) is 0 Å². The van der Waals surface area contributed by atoms with Gasteiger partial charge in [-0.2, -0.15) is 0 Å². The maximum atomic E-state index is 6.45. The summed E-state index contributed by atoms with van der Waals surface area (Å²) in [5, 5.41) is 14.2. The van der Waals surface area contributed by atoms with Crippen molar-refractivity contribution in [2.45, 2.75) is 66.6 Å². The molecule has 1 aliphatic heterocycles. The third-order valence-electron chi connectivity index (χ3n) is 23.6. The summed E-state index contributed by atoms with van der Waals surface area (Å²) in [7, 11) is -0.461. The van der Waals surface area contributed by atoms with Gasteiger partial charge in [-0.1, -0.05) is 222 Å². The van der Waals surface area contributed by atoms with Crippen molar-refractivity contribution in [2.24, 2.45) is 0 Å². The Bertz CT molecular complexity index is 7150. The molecule has 1 fully saturated rings. The molecule has 566 valence electrons. The molecule has 21 rings (SSSR count). The molecule has 0 saturated carbocycles. The van der Waals surface area contributed by atoms with Crippen LogP contribution in [0.2, 0.25) is 0 Å². The molecule has 20 aromatic rings. The minimum Gasteiger partial charge on any atom is -0.399 e. The van der Waals surface area contributed by atoms with Crippen LogP contribution >= 0.6 is 15.9 Å². The molecular weight excluding hydrogens is 1510 g/mol. The van der Waals surface area contributed by atoms with Crippen molar-refractivity contribution in [1.82, 2.24) is 39.9 Å². The van der Waals surface area contributed by atoms with E-state index < -0.39 is 18.3 Å². The molecule has 0 N–H and O–H groups in total. The molecule has 12 aromatic carbocycles. The number of nitrogens with zero attached hydrogens (tertiary/aromatic N) is 8. The molecule has 0 radical (unpaired) electrons. The maximum Gasteiger partial charge on any atom is 0.494 e. The van der Waals surface area contributed by atoms with Gasteiger partial charge in [-0.25, -0.2) is 19.9 Å². The summed E-state index contributed by atoms with van der Waals surface area (Å²) in [6.07, 6.45) is 14.8. The lowest BCUT2D eigenvalue weighted by atomic mass is 9.78. The summed E-state index contributed by atoms with van der Waals surface area (Å²) in [6, 6.07) is 102. The van der Waals surface area contributed by atoms with Crippen LogP contribution in [0.25, 0.3) is 187 Å². The SMILES string of the molecule is Brc1cc(-c2cccnc2)cc(-c2cccnc2)c1.Cc1c2c(-c3ccccc3)nc3cc(-c4cc(-c5cccnc5)cc(-c5cccnc5)c4)ccc3c2c(C)c2c(-c3ccccc3)nc3ccccc3c12.Cc1c2c(-c3ccccc3)nc3cc(B4OC(C)(C)C(C)(C)O4)ccc3c2c(C)c2c(-c3ccccc3)nc3ccccc3c12. The van der Waals surface area contributed by atoms with Crippen LogP contribution in [0.5, 0.6) is 0 Å². The van der Waals surface area contributed by atoms with Gasteiger partial charge in [0.05, 0.1) is 56.0 Å². The van der Waals surface area contributed by atoms with Crippen LogP contribution in [-0.2, 0) is 9.31 Å². The van der Waals surface area contributed by atoms with Gasteiger partial charge in [-0.15, -0.1) is 0 Å². The fourth-order valence-corrected chi connectivity index (χ4v) is 17.7. The van der Waals surface area contributed by atoms with Gasteiger partial charge in [0.2, 0.25) is 0 Å². The Kier molecular flexibility index (Phi) is 19.5. The molecule has 0 bridgehead atoms. The van der Waals surface area contributed by atoms with Crippen molar-refractivity contribution in [2.75, 3.05) is 0 Å². The summed E-state index contributed by atoms with van der Waals surface area (Å²) in [5.74, 6) is 0. The standard InChI is InChI=1S/C50H34N4.C40H35BN2O2.C16H11BrN2/c1-31-45-41-19-9-10-20-43(41)53-49(33-13-5-3-6-14-33)47(45)32(2)46-42-22-21-35(28-44(42)54-50(48(31)46)34-15-7-4-8-16-34)38-25-39(36-17-11-23-51-29-36)27-40(26-38)37-18-12-24-52-30-37;1-24-33-29-19-13-14-20-31(29)42-37(26-15-9-7-10-16-26)35(33)25(2)34-30-22-21-28(41-44-39(3,4)40(5,6)45-41)23-32(30)43-38(36(24)34)27-17-11-8-12-18-27;17-16-8-14(12-3-1-5-18-10-12)7-15(9-16)13-4-2-6-19-11-13/h3-30H,1-2H3;7-23H,1-6H3;1-11H. The first-order chi connectivity index (χ1) is 57.6. The molecule has 1 saturated heterocycles. The predicted octanol–water partition coefficient (Wildman–Crippen LogP) is 26.7. The number of hydrogen-bond donors (Lipinski definition) is 0. The third-order valence-corrected chi connectivity index (χ3v) is 24.1. The van der Waals surface area contributed by atoms with Crippen LogP contribution in [0.1, 0.15) is 49.9 Å². The van der Waals surface area contributed by atoms with Gasteiger partial charge in [0, 0.05) is 142 Å². The van der Waals surface area contributed by atoms with E-state index >= 15 is 0 Å². The molecule has 0 amide bonds. The minimum atomic E-state index is -0.461. The normalized spacial score (nSPS) is 13.0. The monoisotopic (exact) mass is 1590 g/mol. The van der Waals surface area contributed by atoms with E-state index in [4.69, 9.17) is 29.2 Å². The second-order valence-electron chi connectivity index (χ2n) is 31.4. The Balaban J connectivity index is 0.000000130. The van der Waals surface area contributed by atoms with Crippen molar-refractivity contribution < 1.29 is 9.31 Å². The highest BCUT2D eigenvalue weighted by Crippen LogP contribution is 2.49. The van der Waals surface area contributed by atoms with Crippen LogP contribution in [0.4, 0.5) is 0 Å². The lowest BCUT2D eigenvalue weighted by molar-refractivity contribution is 0.00578. The summed E-state index contributed by atoms with van der Waals surface area (Å²) >= 11 is 3.57. The molecular formula is C106H80BBrN8O2. The Labute approximate surface area is 694 Å². The smallest absolute Gasteiger partial charge is 0.399 e. The van der Waals surface area contributed by atoms with E-state index in [1.165, 1.54) is 65.3 Å². The number of halogens is 1. The molecule has 9 heterocycles. The Morgan fingerprint density at radius 1 is 0.246 bits per heavy atom. The van der Waals surface area contributed by atoms with Crippen LogP contribution in [0.15, 0.2) is 345 Å². The number of rotatable bonds is 10. The number of aromatic nitrogens is 8. The first kappa shape index (κ1) is 74.5. The lowest BCUT2D eigenvalue weighted by Gasteiger charge is -2.32. The molecule has 0 atom stereocenters. The van der Waals surface area contributed by atoms with E-state index in [-0.39, 0.29) is 0 Å². The maximum absolute atomic E-state index is 6.45. The quantitative estimate of drug-likeness (QED) is 0.0743. The highest BCUT2D eigenvalue weighted by atomic mass is 79.9. The fourth-order valence-electron chi connectivity index (χ4n) is 17.2. The second-order valence-corrected chi connectivity index (χ2v) is 32.3. The zero-order valence-electron chi connectivity index (χ0n) is 66.7. The average molecular weight is 1590 g/mol. The molecule has 118 heavy (non-hydrogen) atoms. The van der Waals surface area contributed by atoms with Crippen molar-refractivity contribution in [1.29, 1.82) is 0 Å². The van der Waals surface area contributed by atoms with Crippen molar-refractivity contribution in [3.05, 3.63) is 367 Å². The Morgan fingerprint density at radius 2 is 0.525 bits per heavy atom. The van der Waals surface area contributed by atoms with Crippen molar-refractivity contribution in [3.8, 4) is 101 Å². The van der Waals surface area contributed by atoms with E-state index in [9.17, 15) is 0 Å². The number of benzene rings is 12. The number of para-hydroxylation sites is 2. The van der Waals surface area contributed by atoms with E-state index in [0.29, 0.717) is 0 Å². The number of hydrogen-bond acceptors (Lipinski definition) is 10. The lowest BCUT2D eigenvalue weighted by Crippen LogP contribution is -2.41. The zero-order valence-corrected chi connectivity index (χ0v) is 68.3. The summed E-state index contributed by atoms with van der Waals surface area (Å²) in [4.78, 5) is 38.8. The van der Waals surface area contributed by atoms with Crippen LogP contribution in [0.3, 0.4) is 0 Å². The van der Waals surface area contributed by atoms with Gasteiger partial charge in [0.25, 0.3) is 0 Å². The molecule has 1 aliphatic rings. The first-order valence-electron chi connectivity index (χ1n) is 39.9. The van der Waals surface area contributed by atoms with Crippen molar-refractivity contribution >= 4 is 115 Å². The number of aryl methyl sites for hydroxylation is 4. The van der Waals surface area contributed by atoms with Crippen LogP contribution in [0, 0.1) is 27.7 Å². The fraction of sp³-hybridized carbons (Fsp3) is 0.0943. The Hall–Kier alpha value is -13.6. The molecule has 0 spiro atoms. The first-order valence-corrected chi connectivity index (χ1v) is 40.7. The second kappa shape index (κ2) is 30.9. The minimum absolute atomic E-state index is 0.422. The molecule has 0 unspecified atom stereocenters. The molecule has 0 aliphatic carbocycles. The summed E-state index contributed by atoms with van der Waals surface area (Å²) in [5.41, 5.74) is 28.2. The zero-order chi connectivity index (χ0) is 80.3. The summed E-state index contributed by atoms with van der Waals surface area (Å²) < 4.78 is 13.9. The van der Waals surface area contributed by atoms with Gasteiger partial charge < -0.3 is 9.31 Å². The molecule has 12 heteroatoms. The van der Waals surface area contributed by atoms with Gasteiger partial charge in [-0.3, -0.25) is 19.9 Å². The predicted molar refractivity (Wildman–Crippen MR) is 493 cm³/mol. The topological polar surface area (TPSA) is 122 Å². The van der Waals surface area contributed by atoms with Gasteiger partial charge in [0.15, 0.2) is 0 Å². The number of pyridine rings is 8. The van der Waals surface area contributed by atoms with Crippen LogP contribution in [-0.4, -0.2) is 58.2 Å². The van der Waals surface area contributed by atoms with Gasteiger partial charge >= 0.3 is 7.12 Å². The number of fused-ring (bicyclic) bond motifs is 12. The highest BCUT2D eigenvalue weighted by molar-refractivity contribution is 9.10. The van der Waals surface area contributed by atoms with E-state index in [0.717, 1.165) is 154 Å². The van der Waals surface area contributed by atoms with Crippen molar-refractivity contribution in [3.63, 3.8) is 0 Å². The highest BCUT2D eigenvalue weighted by Gasteiger charge is 2.52.